The van der Waals surface area contributed by atoms with E-state index in [4.69, 9.17) is 4.74 Å². The molecule has 0 amide bonds. The maximum Gasteiger partial charge on any atom is 0.275 e. The molecule has 4 nitrogen and oxygen atoms in total. The number of ether oxygens (including phenoxy) is 1. The summed E-state index contributed by atoms with van der Waals surface area (Å²) in [5, 5.41) is 3.16. The van der Waals surface area contributed by atoms with Crippen LogP contribution in [0.4, 0.5) is 0 Å². The van der Waals surface area contributed by atoms with Gasteiger partial charge in [0.05, 0.1) is 24.1 Å². The molecule has 88 valence electrons. The van der Waals surface area contributed by atoms with Crippen LogP contribution in [-0.4, -0.2) is 16.9 Å². The van der Waals surface area contributed by atoms with Crippen LogP contribution >= 0.6 is 11.8 Å². The molecule has 1 aliphatic rings. The number of benzene rings is 1. The summed E-state index contributed by atoms with van der Waals surface area (Å²) in [6.45, 7) is 0. The number of nitrogens with zero attached hydrogens (tertiary/aromatic N) is 1. The Bertz CT molecular complexity index is 615. The zero-order valence-electron chi connectivity index (χ0n) is 9.40. The Balaban J connectivity index is 2.12. The van der Waals surface area contributed by atoms with Gasteiger partial charge in [0.25, 0.3) is 5.56 Å². The molecule has 17 heavy (non-hydrogen) atoms. The lowest BCUT2D eigenvalue weighted by Crippen LogP contribution is -2.16. The summed E-state index contributed by atoms with van der Waals surface area (Å²) in [6, 6.07) is 7.48. The second-order valence-electron chi connectivity index (χ2n) is 3.90. The molecule has 1 aromatic heterocycles. The quantitative estimate of drug-likeness (QED) is 0.883. The van der Waals surface area contributed by atoms with Crippen molar-refractivity contribution in [3.63, 3.8) is 0 Å². The van der Waals surface area contributed by atoms with Crippen molar-refractivity contribution in [3.05, 3.63) is 45.9 Å². The highest BCUT2D eigenvalue weighted by Crippen LogP contribution is 2.26. The number of methoxy groups -OCH3 is 1. The van der Waals surface area contributed by atoms with Crippen molar-refractivity contribution in [1.29, 1.82) is 0 Å². The maximum absolute atomic E-state index is 12.1. The monoisotopic (exact) mass is 248 g/mol. The second-order valence-corrected chi connectivity index (χ2v) is 4.89. The van der Waals surface area contributed by atoms with E-state index in [-0.39, 0.29) is 5.56 Å². The van der Waals surface area contributed by atoms with Gasteiger partial charge in [-0.2, -0.15) is 11.8 Å². The van der Waals surface area contributed by atoms with Crippen molar-refractivity contribution in [2.45, 2.75) is 11.5 Å². The van der Waals surface area contributed by atoms with Crippen LogP contribution in [0.3, 0.4) is 0 Å². The number of hydrogen-bond donors (Lipinski definition) is 1. The van der Waals surface area contributed by atoms with Crippen LogP contribution in [0.1, 0.15) is 11.3 Å². The number of aromatic amines is 1. The SMILES string of the molecule is COc1cccc(-n2[nH]c3c(c2=O)CSC3)c1. The first-order valence-corrected chi connectivity index (χ1v) is 6.50. The Morgan fingerprint density at radius 2 is 2.29 bits per heavy atom. The van der Waals surface area contributed by atoms with Crippen LogP contribution in [0, 0.1) is 0 Å². The molecule has 1 aliphatic heterocycles. The molecule has 0 unspecified atom stereocenters. The maximum atomic E-state index is 12.1. The highest BCUT2D eigenvalue weighted by molar-refractivity contribution is 7.98. The molecule has 1 aromatic carbocycles. The fourth-order valence-electron chi connectivity index (χ4n) is 1.97. The predicted molar refractivity (Wildman–Crippen MR) is 67.9 cm³/mol. The predicted octanol–water partition coefficient (Wildman–Crippen LogP) is 1.92. The average molecular weight is 248 g/mol. The molecule has 0 bridgehead atoms. The highest BCUT2D eigenvalue weighted by atomic mass is 32.2. The molecule has 1 N–H and O–H groups in total. The number of H-pyrrole nitrogens is 1. The normalized spacial score (nSPS) is 13.7. The molecular weight excluding hydrogens is 236 g/mol. The summed E-state index contributed by atoms with van der Waals surface area (Å²) in [6.07, 6.45) is 0. The summed E-state index contributed by atoms with van der Waals surface area (Å²) in [5.74, 6) is 2.45. The van der Waals surface area contributed by atoms with Crippen LogP contribution in [0.5, 0.6) is 5.75 Å². The van der Waals surface area contributed by atoms with Crippen molar-refractivity contribution < 1.29 is 4.74 Å². The van der Waals surface area contributed by atoms with E-state index < -0.39 is 0 Å². The topological polar surface area (TPSA) is 47.0 Å². The van der Waals surface area contributed by atoms with Gasteiger partial charge >= 0.3 is 0 Å². The van der Waals surface area contributed by atoms with Crippen molar-refractivity contribution in [3.8, 4) is 11.4 Å². The first kappa shape index (κ1) is 10.5. The molecule has 0 fully saturated rings. The smallest absolute Gasteiger partial charge is 0.275 e. The third-order valence-corrected chi connectivity index (χ3v) is 3.86. The van der Waals surface area contributed by atoms with Gasteiger partial charge in [0.15, 0.2) is 0 Å². The molecular formula is C12H12N2O2S. The van der Waals surface area contributed by atoms with E-state index in [1.54, 1.807) is 23.6 Å². The van der Waals surface area contributed by atoms with Crippen molar-refractivity contribution in [1.82, 2.24) is 9.78 Å². The Kier molecular flexibility index (Phi) is 2.48. The Labute approximate surface area is 103 Å². The minimum atomic E-state index is 0.0539. The molecule has 0 aliphatic carbocycles. The molecule has 0 atom stereocenters. The van der Waals surface area contributed by atoms with E-state index in [2.05, 4.69) is 5.10 Å². The van der Waals surface area contributed by atoms with Crippen molar-refractivity contribution in [2.24, 2.45) is 0 Å². The fraction of sp³-hybridized carbons (Fsp3) is 0.250. The van der Waals surface area contributed by atoms with Gasteiger partial charge in [0.1, 0.15) is 5.75 Å². The third kappa shape index (κ3) is 1.67. The van der Waals surface area contributed by atoms with Gasteiger partial charge in [-0.3, -0.25) is 9.89 Å². The van der Waals surface area contributed by atoms with E-state index >= 15 is 0 Å². The van der Waals surface area contributed by atoms with E-state index in [0.29, 0.717) is 0 Å². The number of hydrogen-bond acceptors (Lipinski definition) is 3. The van der Waals surface area contributed by atoms with Gasteiger partial charge in [0, 0.05) is 17.6 Å². The zero-order chi connectivity index (χ0) is 11.8. The first-order valence-electron chi connectivity index (χ1n) is 5.34. The molecule has 0 radical (unpaired) electrons. The average Bonchev–Trinajstić information content (AvgIpc) is 2.93. The summed E-state index contributed by atoms with van der Waals surface area (Å²) in [5.41, 5.74) is 2.81. The van der Waals surface area contributed by atoms with E-state index in [0.717, 1.165) is 34.2 Å². The Morgan fingerprint density at radius 1 is 1.41 bits per heavy atom. The molecule has 2 aromatic rings. The molecule has 5 heteroatoms. The van der Waals surface area contributed by atoms with Gasteiger partial charge in [-0.1, -0.05) is 6.07 Å². The lowest BCUT2D eigenvalue weighted by molar-refractivity contribution is 0.414. The summed E-state index contributed by atoms with van der Waals surface area (Å²) >= 11 is 1.77. The summed E-state index contributed by atoms with van der Waals surface area (Å²) in [7, 11) is 1.62. The molecule has 0 saturated heterocycles. The third-order valence-electron chi connectivity index (χ3n) is 2.88. The van der Waals surface area contributed by atoms with Gasteiger partial charge in [-0.05, 0) is 12.1 Å². The summed E-state index contributed by atoms with van der Waals surface area (Å²) in [4.78, 5) is 12.1. The number of nitrogens with one attached hydrogen (secondary N) is 1. The lowest BCUT2D eigenvalue weighted by atomic mass is 10.3. The molecule has 0 spiro atoms. The number of thioether (sulfide) groups is 1. The molecule has 3 rings (SSSR count). The number of fused-ring (bicyclic) bond motifs is 1. The van der Waals surface area contributed by atoms with Crippen LogP contribution < -0.4 is 10.3 Å². The number of rotatable bonds is 2. The standard InChI is InChI=1S/C12H12N2O2S/c1-16-9-4-2-3-8(5-9)14-12(15)10-6-17-7-11(10)13-14/h2-5,13H,6-7H2,1H3. The second kappa shape index (κ2) is 4.00. The van der Waals surface area contributed by atoms with Gasteiger partial charge < -0.3 is 4.74 Å². The fourth-order valence-corrected chi connectivity index (χ4v) is 3.02. The van der Waals surface area contributed by atoms with Crippen molar-refractivity contribution in [2.75, 3.05) is 7.11 Å². The van der Waals surface area contributed by atoms with Gasteiger partial charge in [-0.25, -0.2) is 4.68 Å². The highest BCUT2D eigenvalue weighted by Gasteiger charge is 2.20. The summed E-state index contributed by atoms with van der Waals surface area (Å²) < 4.78 is 6.75. The Hall–Kier alpha value is -1.62. The number of aromatic nitrogens is 2. The molecule has 0 saturated carbocycles. The van der Waals surface area contributed by atoms with Crippen LogP contribution in [0.15, 0.2) is 29.1 Å². The largest absolute Gasteiger partial charge is 0.497 e. The molecule has 2 heterocycles. The first-order chi connectivity index (χ1) is 8.29. The minimum Gasteiger partial charge on any atom is -0.497 e. The van der Waals surface area contributed by atoms with Crippen molar-refractivity contribution >= 4 is 11.8 Å². The van der Waals surface area contributed by atoms with Gasteiger partial charge in [0.2, 0.25) is 0 Å². The minimum absolute atomic E-state index is 0.0539. The van der Waals surface area contributed by atoms with E-state index in [9.17, 15) is 4.79 Å². The van der Waals surface area contributed by atoms with Gasteiger partial charge in [-0.15, -0.1) is 0 Å². The van der Waals surface area contributed by atoms with E-state index in [1.807, 2.05) is 24.3 Å². The zero-order valence-corrected chi connectivity index (χ0v) is 10.2. The van der Waals surface area contributed by atoms with Crippen LogP contribution in [0.25, 0.3) is 5.69 Å². The van der Waals surface area contributed by atoms with Crippen LogP contribution in [0.2, 0.25) is 0 Å². The lowest BCUT2D eigenvalue weighted by Gasteiger charge is -2.04. The van der Waals surface area contributed by atoms with Crippen LogP contribution in [-0.2, 0) is 11.5 Å². The Morgan fingerprint density at radius 3 is 3.06 bits per heavy atom. The van der Waals surface area contributed by atoms with E-state index in [1.165, 1.54) is 0 Å².